The van der Waals surface area contributed by atoms with E-state index in [1.54, 1.807) is 0 Å². The van der Waals surface area contributed by atoms with E-state index < -0.39 is 6.04 Å². The molecule has 1 aliphatic rings. The first kappa shape index (κ1) is 15.8. The summed E-state index contributed by atoms with van der Waals surface area (Å²) in [5.41, 5.74) is 5.67. The van der Waals surface area contributed by atoms with Crippen molar-refractivity contribution in [3.63, 3.8) is 0 Å². The van der Waals surface area contributed by atoms with Gasteiger partial charge in [-0.05, 0) is 24.2 Å². The molecule has 110 valence electrons. The van der Waals surface area contributed by atoms with Crippen LogP contribution in [0.2, 0.25) is 0 Å². The first-order valence-corrected chi connectivity index (χ1v) is 7.07. The van der Waals surface area contributed by atoms with Crippen molar-refractivity contribution in [2.75, 3.05) is 0 Å². The van der Waals surface area contributed by atoms with Gasteiger partial charge in [-0.3, -0.25) is 4.79 Å². The van der Waals surface area contributed by atoms with Gasteiger partial charge in [-0.2, -0.15) is 0 Å². The molecule has 0 aromatic rings. The number of carbonyl (C=O) groups excluding carboxylic acids is 1. The molecule has 19 heavy (non-hydrogen) atoms. The maximum atomic E-state index is 12.4. The molecular weight excluding hydrogens is 242 g/mol. The Kier molecular flexibility index (Phi) is 5.20. The number of amides is 1. The van der Waals surface area contributed by atoms with E-state index in [4.69, 9.17) is 10.9 Å². The quantitative estimate of drug-likeness (QED) is 0.316. The minimum absolute atomic E-state index is 0.00833. The van der Waals surface area contributed by atoms with Crippen LogP contribution in [-0.4, -0.2) is 23.0 Å². The summed E-state index contributed by atoms with van der Waals surface area (Å²) in [7, 11) is 0. The van der Waals surface area contributed by atoms with E-state index in [2.05, 4.69) is 24.3 Å². The van der Waals surface area contributed by atoms with Crippen LogP contribution in [0.5, 0.6) is 0 Å². The van der Waals surface area contributed by atoms with Gasteiger partial charge in [0.1, 0.15) is 0 Å². The van der Waals surface area contributed by atoms with Crippen LogP contribution >= 0.6 is 0 Å². The molecule has 0 aliphatic heterocycles. The highest BCUT2D eigenvalue weighted by atomic mass is 16.4. The number of carbonyl (C=O) groups is 1. The van der Waals surface area contributed by atoms with Crippen LogP contribution in [0.4, 0.5) is 0 Å². The fraction of sp³-hybridized carbons (Fsp3) is 0.857. The summed E-state index contributed by atoms with van der Waals surface area (Å²) in [6.45, 7) is 8.17. The average Bonchev–Trinajstić information content (AvgIpc) is 2.33. The monoisotopic (exact) mass is 269 g/mol. The topological polar surface area (TPSA) is 87.7 Å². The Hall–Kier alpha value is -1.26. The van der Waals surface area contributed by atoms with Crippen LogP contribution in [-0.2, 0) is 4.79 Å². The van der Waals surface area contributed by atoms with Gasteiger partial charge in [0.05, 0.1) is 6.04 Å². The highest BCUT2D eigenvalue weighted by Crippen LogP contribution is 2.40. The minimum Gasteiger partial charge on any atom is -0.409 e. The molecule has 2 atom stereocenters. The SMILES string of the molecule is CC(C)C(NC(=O)C1CCCCC1(C)C)C(N)=NO. The van der Waals surface area contributed by atoms with E-state index in [9.17, 15) is 4.79 Å². The lowest BCUT2D eigenvalue weighted by Gasteiger charge is -2.38. The van der Waals surface area contributed by atoms with Crippen molar-refractivity contribution in [3.05, 3.63) is 0 Å². The van der Waals surface area contributed by atoms with Crippen molar-refractivity contribution in [1.29, 1.82) is 0 Å². The Morgan fingerprint density at radius 1 is 1.42 bits per heavy atom. The lowest BCUT2D eigenvalue weighted by Crippen LogP contribution is -2.52. The number of nitrogens with two attached hydrogens (primary N) is 1. The van der Waals surface area contributed by atoms with E-state index in [-0.39, 0.29) is 29.0 Å². The molecule has 0 radical (unpaired) electrons. The molecule has 1 saturated carbocycles. The molecular formula is C14H27N3O2. The number of oxime groups is 1. The van der Waals surface area contributed by atoms with Crippen molar-refractivity contribution in [2.45, 2.75) is 59.4 Å². The number of rotatable bonds is 4. The predicted octanol–water partition coefficient (Wildman–Crippen LogP) is 2.09. The standard InChI is InChI=1S/C14H27N3O2/c1-9(2)11(12(15)17-19)16-13(18)10-7-5-6-8-14(10,3)4/h9-11,19H,5-8H2,1-4H3,(H2,15,17)(H,16,18). The summed E-state index contributed by atoms with van der Waals surface area (Å²) >= 11 is 0. The van der Waals surface area contributed by atoms with Crippen molar-refractivity contribution < 1.29 is 10.0 Å². The Balaban J connectivity index is 2.76. The number of hydrogen-bond donors (Lipinski definition) is 3. The molecule has 1 fully saturated rings. The summed E-state index contributed by atoms with van der Waals surface area (Å²) in [6.07, 6.45) is 4.27. The van der Waals surface area contributed by atoms with Crippen molar-refractivity contribution in [3.8, 4) is 0 Å². The maximum Gasteiger partial charge on any atom is 0.224 e. The highest BCUT2D eigenvalue weighted by molar-refractivity contribution is 5.91. The maximum absolute atomic E-state index is 12.4. The normalized spacial score (nSPS) is 25.1. The second-order valence-corrected chi connectivity index (χ2v) is 6.54. The zero-order valence-corrected chi connectivity index (χ0v) is 12.4. The molecule has 5 nitrogen and oxygen atoms in total. The van der Waals surface area contributed by atoms with Crippen molar-refractivity contribution in [2.24, 2.45) is 28.1 Å². The fourth-order valence-electron chi connectivity index (χ4n) is 2.88. The van der Waals surface area contributed by atoms with E-state index in [1.165, 1.54) is 6.42 Å². The second kappa shape index (κ2) is 6.26. The molecule has 0 aromatic carbocycles. The molecule has 0 spiro atoms. The largest absolute Gasteiger partial charge is 0.409 e. The number of amidine groups is 1. The minimum atomic E-state index is -0.407. The van der Waals surface area contributed by atoms with Crippen LogP contribution in [0.25, 0.3) is 0 Å². The van der Waals surface area contributed by atoms with Gasteiger partial charge in [0, 0.05) is 5.92 Å². The van der Waals surface area contributed by atoms with E-state index in [0.717, 1.165) is 19.3 Å². The second-order valence-electron chi connectivity index (χ2n) is 6.54. The van der Waals surface area contributed by atoms with Gasteiger partial charge in [-0.25, -0.2) is 0 Å². The van der Waals surface area contributed by atoms with Gasteiger partial charge in [-0.15, -0.1) is 0 Å². The average molecular weight is 269 g/mol. The van der Waals surface area contributed by atoms with Crippen LogP contribution in [0, 0.1) is 17.3 Å². The van der Waals surface area contributed by atoms with Crippen LogP contribution in [0.3, 0.4) is 0 Å². The van der Waals surface area contributed by atoms with Gasteiger partial charge in [-0.1, -0.05) is 45.7 Å². The highest BCUT2D eigenvalue weighted by Gasteiger charge is 2.38. The fourth-order valence-corrected chi connectivity index (χ4v) is 2.88. The Labute approximate surface area is 115 Å². The first-order valence-electron chi connectivity index (χ1n) is 7.07. The van der Waals surface area contributed by atoms with E-state index >= 15 is 0 Å². The van der Waals surface area contributed by atoms with Crippen LogP contribution in [0.1, 0.15) is 53.4 Å². The van der Waals surface area contributed by atoms with Crippen molar-refractivity contribution >= 4 is 11.7 Å². The summed E-state index contributed by atoms with van der Waals surface area (Å²) < 4.78 is 0. The third-order valence-corrected chi connectivity index (χ3v) is 4.22. The predicted molar refractivity (Wildman–Crippen MR) is 75.9 cm³/mol. The number of hydrogen-bond acceptors (Lipinski definition) is 3. The lowest BCUT2D eigenvalue weighted by molar-refractivity contribution is -0.130. The van der Waals surface area contributed by atoms with Gasteiger partial charge < -0.3 is 16.3 Å². The van der Waals surface area contributed by atoms with Gasteiger partial charge in [0.2, 0.25) is 5.91 Å². The molecule has 0 aromatic heterocycles. The zero-order chi connectivity index (χ0) is 14.6. The molecule has 1 amide bonds. The van der Waals surface area contributed by atoms with Crippen molar-refractivity contribution in [1.82, 2.24) is 5.32 Å². The zero-order valence-electron chi connectivity index (χ0n) is 12.4. The van der Waals surface area contributed by atoms with Crippen LogP contribution in [0.15, 0.2) is 5.16 Å². The molecule has 4 N–H and O–H groups in total. The summed E-state index contributed by atoms with van der Waals surface area (Å²) in [5.74, 6) is 0.188. The Bertz CT molecular complexity index is 351. The third kappa shape index (κ3) is 3.85. The third-order valence-electron chi connectivity index (χ3n) is 4.22. The smallest absolute Gasteiger partial charge is 0.224 e. The van der Waals surface area contributed by atoms with E-state index in [1.807, 2.05) is 13.8 Å². The Morgan fingerprint density at radius 2 is 2.05 bits per heavy atom. The molecule has 0 bridgehead atoms. The molecule has 0 heterocycles. The number of nitrogens with zero attached hydrogens (tertiary/aromatic N) is 1. The van der Waals surface area contributed by atoms with Gasteiger partial charge in [0.25, 0.3) is 0 Å². The first-order chi connectivity index (χ1) is 8.79. The molecule has 1 aliphatic carbocycles. The molecule has 0 saturated heterocycles. The summed E-state index contributed by atoms with van der Waals surface area (Å²) in [4.78, 5) is 12.4. The van der Waals surface area contributed by atoms with Gasteiger partial charge in [0.15, 0.2) is 5.84 Å². The summed E-state index contributed by atoms with van der Waals surface area (Å²) in [5, 5.41) is 14.8. The molecule has 2 unspecified atom stereocenters. The van der Waals surface area contributed by atoms with Crippen LogP contribution < -0.4 is 11.1 Å². The number of nitrogens with one attached hydrogen (secondary N) is 1. The summed E-state index contributed by atoms with van der Waals surface area (Å²) in [6, 6.07) is -0.407. The molecule has 1 rings (SSSR count). The van der Waals surface area contributed by atoms with E-state index in [0.29, 0.717) is 0 Å². The Morgan fingerprint density at radius 3 is 2.53 bits per heavy atom. The van der Waals surface area contributed by atoms with Gasteiger partial charge >= 0.3 is 0 Å². The lowest BCUT2D eigenvalue weighted by atomic mass is 9.68. The molecule has 5 heteroatoms.